The molecule has 2 nitrogen and oxygen atoms in total. The minimum absolute atomic E-state index is 0.0736. The smallest absolute Gasteiger partial charge is 0.129 e. The van der Waals surface area contributed by atoms with E-state index in [0.717, 1.165) is 31.7 Å². The largest absolute Gasteiger partial charge is 0.483 e. The first-order valence-corrected chi connectivity index (χ1v) is 6.89. The zero-order chi connectivity index (χ0) is 12.6. The van der Waals surface area contributed by atoms with Crippen LogP contribution in [0.15, 0.2) is 24.3 Å². The van der Waals surface area contributed by atoms with Crippen LogP contribution in [0.4, 0.5) is 0 Å². The summed E-state index contributed by atoms with van der Waals surface area (Å²) in [5.74, 6) is 1.06. The van der Waals surface area contributed by atoms with Gasteiger partial charge < -0.3 is 10.1 Å². The Hall–Kier alpha value is -1.28. The van der Waals surface area contributed by atoms with Crippen LogP contribution in [0.25, 0.3) is 5.57 Å². The van der Waals surface area contributed by atoms with Crippen LogP contribution < -0.4 is 10.1 Å². The van der Waals surface area contributed by atoms with E-state index in [0.29, 0.717) is 0 Å². The van der Waals surface area contributed by atoms with Gasteiger partial charge in [-0.1, -0.05) is 11.6 Å². The van der Waals surface area contributed by atoms with Crippen molar-refractivity contribution in [3.63, 3.8) is 0 Å². The number of hydrogen-bond donors (Lipinski definition) is 1. The molecule has 18 heavy (non-hydrogen) atoms. The molecule has 2 aliphatic heterocycles. The van der Waals surface area contributed by atoms with Crippen molar-refractivity contribution in [1.29, 1.82) is 0 Å². The van der Waals surface area contributed by atoms with E-state index in [1.165, 1.54) is 23.1 Å². The van der Waals surface area contributed by atoms with Gasteiger partial charge in [-0.2, -0.15) is 0 Å². The van der Waals surface area contributed by atoms with Gasteiger partial charge in [-0.15, -0.1) is 0 Å². The van der Waals surface area contributed by atoms with Gasteiger partial charge in [-0.25, -0.2) is 0 Å². The van der Waals surface area contributed by atoms with Crippen LogP contribution in [0.5, 0.6) is 5.75 Å². The molecule has 1 spiro atoms. The van der Waals surface area contributed by atoms with Crippen molar-refractivity contribution in [3.8, 4) is 5.75 Å². The summed E-state index contributed by atoms with van der Waals surface area (Å²) in [5, 5.41) is 3.46. The number of aryl methyl sites for hydroxylation is 1. The maximum atomic E-state index is 6.35. The first kappa shape index (κ1) is 11.8. The highest BCUT2D eigenvalue weighted by atomic mass is 16.5. The van der Waals surface area contributed by atoms with Crippen LogP contribution >= 0.6 is 0 Å². The lowest BCUT2D eigenvalue weighted by Gasteiger charge is -2.36. The lowest BCUT2D eigenvalue weighted by Crippen LogP contribution is -2.37. The first-order chi connectivity index (χ1) is 8.69. The van der Waals surface area contributed by atoms with Crippen LogP contribution in [0.3, 0.4) is 0 Å². The van der Waals surface area contributed by atoms with E-state index in [2.05, 4.69) is 43.4 Å². The number of fused-ring (bicyclic) bond motifs is 1. The molecule has 0 aliphatic carbocycles. The van der Waals surface area contributed by atoms with Crippen molar-refractivity contribution >= 4 is 5.57 Å². The Labute approximate surface area is 109 Å². The highest BCUT2D eigenvalue weighted by molar-refractivity contribution is 5.72. The minimum atomic E-state index is -0.0736. The molecule has 2 heterocycles. The Morgan fingerprint density at radius 1 is 1.17 bits per heavy atom. The number of allylic oxidation sites excluding steroid dienone is 1. The predicted molar refractivity (Wildman–Crippen MR) is 74.9 cm³/mol. The second-order valence-electron chi connectivity index (χ2n) is 5.60. The van der Waals surface area contributed by atoms with Gasteiger partial charge in [0, 0.05) is 12.0 Å². The molecule has 2 aliphatic rings. The molecule has 0 bridgehead atoms. The number of ether oxygens (including phenoxy) is 1. The van der Waals surface area contributed by atoms with Crippen molar-refractivity contribution in [2.24, 2.45) is 0 Å². The monoisotopic (exact) mass is 243 g/mol. The molecule has 96 valence electrons. The van der Waals surface area contributed by atoms with Crippen LogP contribution in [-0.2, 0) is 0 Å². The number of nitrogens with one attached hydrogen (secondary N) is 1. The molecule has 1 atom stereocenters. The molecule has 1 fully saturated rings. The second kappa shape index (κ2) is 4.43. The topological polar surface area (TPSA) is 21.3 Å². The standard InChI is InChI=1S/C16H21NO/c1-12-4-5-15-14(10-12)13(2)11-16(18-15)6-3-8-17-9-7-16/h4-5,10-11,17H,3,6-9H2,1-2H3. The Morgan fingerprint density at radius 3 is 2.94 bits per heavy atom. The van der Waals surface area contributed by atoms with Gasteiger partial charge in [-0.3, -0.25) is 0 Å². The lowest BCUT2D eigenvalue weighted by molar-refractivity contribution is 0.103. The molecule has 1 saturated heterocycles. The fourth-order valence-electron chi connectivity index (χ4n) is 3.07. The fourth-order valence-corrected chi connectivity index (χ4v) is 3.07. The molecule has 0 aromatic heterocycles. The zero-order valence-corrected chi connectivity index (χ0v) is 11.3. The van der Waals surface area contributed by atoms with Gasteiger partial charge in [0.25, 0.3) is 0 Å². The predicted octanol–water partition coefficient (Wildman–Crippen LogP) is 3.30. The summed E-state index contributed by atoms with van der Waals surface area (Å²) in [4.78, 5) is 0. The van der Waals surface area contributed by atoms with Gasteiger partial charge in [-0.05, 0) is 63.6 Å². The van der Waals surface area contributed by atoms with Crippen molar-refractivity contribution in [1.82, 2.24) is 5.32 Å². The maximum absolute atomic E-state index is 6.35. The van der Waals surface area contributed by atoms with E-state index in [-0.39, 0.29) is 5.60 Å². The van der Waals surface area contributed by atoms with E-state index in [1.807, 2.05) is 0 Å². The van der Waals surface area contributed by atoms with E-state index in [1.54, 1.807) is 0 Å². The van der Waals surface area contributed by atoms with E-state index < -0.39 is 0 Å². The molecule has 0 amide bonds. The molecule has 1 N–H and O–H groups in total. The van der Waals surface area contributed by atoms with Gasteiger partial charge in [0.1, 0.15) is 11.4 Å². The summed E-state index contributed by atoms with van der Waals surface area (Å²) in [5.41, 5.74) is 3.85. The molecular formula is C16H21NO. The lowest BCUT2D eigenvalue weighted by atomic mass is 9.87. The highest BCUT2D eigenvalue weighted by Crippen LogP contribution is 2.40. The third-order valence-electron chi connectivity index (χ3n) is 4.03. The first-order valence-electron chi connectivity index (χ1n) is 6.89. The van der Waals surface area contributed by atoms with Gasteiger partial charge in [0.2, 0.25) is 0 Å². The van der Waals surface area contributed by atoms with Crippen LogP contribution in [0.2, 0.25) is 0 Å². The average molecular weight is 243 g/mol. The molecule has 0 radical (unpaired) electrons. The maximum Gasteiger partial charge on any atom is 0.129 e. The van der Waals surface area contributed by atoms with Crippen LogP contribution in [0.1, 0.15) is 37.3 Å². The molecule has 0 saturated carbocycles. The van der Waals surface area contributed by atoms with Gasteiger partial charge >= 0.3 is 0 Å². The Balaban J connectivity index is 1.99. The van der Waals surface area contributed by atoms with Gasteiger partial charge in [0.15, 0.2) is 0 Å². The average Bonchev–Trinajstić information content (AvgIpc) is 2.56. The van der Waals surface area contributed by atoms with Crippen LogP contribution in [-0.4, -0.2) is 18.7 Å². The quantitative estimate of drug-likeness (QED) is 0.755. The SMILES string of the molecule is CC1=CC2(CCCNCC2)Oc2ccc(C)cc21. The third kappa shape index (κ3) is 2.05. The Kier molecular flexibility index (Phi) is 2.90. The summed E-state index contributed by atoms with van der Waals surface area (Å²) in [6.45, 7) is 6.50. The molecule has 3 rings (SSSR count). The number of benzene rings is 1. The zero-order valence-electron chi connectivity index (χ0n) is 11.3. The van der Waals surface area contributed by atoms with Crippen molar-refractivity contribution < 1.29 is 4.74 Å². The molecule has 1 aromatic rings. The second-order valence-corrected chi connectivity index (χ2v) is 5.60. The van der Waals surface area contributed by atoms with Gasteiger partial charge in [0.05, 0.1) is 0 Å². The summed E-state index contributed by atoms with van der Waals surface area (Å²) >= 11 is 0. The van der Waals surface area contributed by atoms with E-state index >= 15 is 0 Å². The van der Waals surface area contributed by atoms with Crippen LogP contribution in [0, 0.1) is 6.92 Å². The summed E-state index contributed by atoms with van der Waals surface area (Å²) in [6, 6.07) is 6.49. The molecule has 1 unspecified atom stereocenters. The number of hydrogen-bond acceptors (Lipinski definition) is 2. The minimum Gasteiger partial charge on any atom is -0.483 e. The molecule has 2 heteroatoms. The summed E-state index contributed by atoms with van der Waals surface area (Å²) < 4.78 is 6.35. The highest BCUT2D eigenvalue weighted by Gasteiger charge is 2.34. The van der Waals surface area contributed by atoms with Crippen molar-refractivity contribution in [2.75, 3.05) is 13.1 Å². The summed E-state index contributed by atoms with van der Waals surface area (Å²) in [6.07, 6.45) is 5.72. The van der Waals surface area contributed by atoms with E-state index in [4.69, 9.17) is 4.74 Å². The fraction of sp³-hybridized carbons (Fsp3) is 0.500. The normalized spacial score (nSPS) is 27.1. The Morgan fingerprint density at radius 2 is 2.06 bits per heavy atom. The van der Waals surface area contributed by atoms with Crippen molar-refractivity contribution in [3.05, 3.63) is 35.4 Å². The van der Waals surface area contributed by atoms with E-state index in [9.17, 15) is 0 Å². The number of rotatable bonds is 0. The Bertz CT molecular complexity index is 482. The third-order valence-corrected chi connectivity index (χ3v) is 4.03. The molecule has 1 aromatic carbocycles. The van der Waals surface area contributed by atoms with Crippen molar-refractivity contribution in [2.45, 2.75) is 38.7 Å². The summed E-state index contributed by atoms with van der Waals surface area (Å²) in [7, 11) is 0. The molecular weight excluding hydrogens is 222 g/mol.